The molecule has 18 heavy (non-hydrogen) atoms. The molecule has 4 heteroatoms. The molecule has 2 nitrogen and oxygen atoms in total. The molecule has 1 N–H and O–H groups in total. The van der Waals surface area contributed by atoms with Crippen LogP contribution in [0.5, 0.6) is 0 Å². The summed E-state index contributed by atoms with van der Waals surface area (Å²) in [6, 6.07) is 6.34. The summed E-state index contributed by atoms with van der Waals surface area (Å²) in [4.78, 5) is 0. The number of rotatable bonds is 3. The maximum atomic E-state index is 6.20. The van der Waals surface area contributed by atoms with Gasteiger partial charge in [-0.25, -0.2) is 0 Å². The van der Waals surface area contributed by atoms with Crippen LogP contribution in [0.15, 0.2) is 22.7 Å². The molecule has 100 valence electrons. The zero-order valence-corrected chi connectivity index (χ0v) is 13.1. The molecular formula is C14H19BrClNO. The number of ether oxygens (including phenoxy) is 1. The third-order valence-electron chi connectivity index (χ3n) is 3.35. The highest BCUT2D eigenvalue weighted by molar-refractivity contribution is 9.10. The molecule has 1 saturated heterocycles. The van der Waals surface area contributed by atoms with Crippen LogP contribution in [0.1, 0.15) is 26.7 Å². The number of hydrogen-bond donors (Lipinski definition) is 1. The van der Waals surface area contributed by atoms with E-state index in [1.54, 1.807) is 0 Å². The fourth-order valence-electron chi connectivity index (χ4n) is 2.25. The molecule has 1 aromatic rings. The highest BCUT2D eigenvalue weighted by Crippen LogP contribution is 2.29. The van der Waals surface area contributed by atoms with E-state index in [-0.39, 0.29) is 0 Å². The number of hydrogen-bond acceptors (Lipinski definition) is 2. The van der Waals surface area contributed by atoms with Crippen molar-refractivity contribution >= 4 is 33.2 Å². The van der Waals surface area contributed by atoms with Gasteiger partial charge in [0.25, 0.3) is 0 Å². The minimum atomic E-state index is 0.349. The summed E-state index contributed by atoms with van der Waals surface area (Å²) < 4.78 is 6.82. The van der Waals surface area contributed by atoms with Gasteiger partial charge >= 0.3 is 0 Å². The van der Waals surface area contributed by atoms with Gasteiger partial charge in [-0.15, -0.1) is 0 Å². The Labute approximate surface area is 122 Å². The van der Waals surface area contributed by atoms with Gasteiger partial charge in [0.2, 0.25) is 0 Å². The van der Waals surface area contributed by atoms with Crippen LogP contribution in [-0.4, -0.2) is 18.8 Å². The number of nitrogens with one attached hydrogen (secondary N) is 1. The molecule has 0 aromatic heterocycles. The van der Waals surface area contributed by atoms with Crippen molar-refractivity contribution in [1.29, 1.82) is 0 Å². The first-order valence-electron chi connectivity index (χ1n) is 6.39. The number of halogens is 2. The van der Waals surface area contributed by atoms with Gasteiger partial charge in [0.1, 0.15) is 0 Å². The summed E-state index contributed by atoms with van der Waals surface area (Å²) in [5, 5.41) is 4.30. The molecule has 2 rings (SSSR count). The van der Waals surface area contributed by atoms with Crippen LogP contribution in [0.4, 0.5) is 5.69 Å². The van der Waals surface area contributed by atoms with Crippen molar-refractivity contribution in [2.75, 3.05) is 11.9 Å². The molecule has 2 unspecified atom stereocenters. The lowest BCUT2D eigenvalue weighted by atomic mass is 9.95. The van der Waals surface area contributed by atoms with Crippen molar-refractivity contribution in [2.45, 2.75) is 38.8 Å². The smallest absolute Gasteiger partial charge is 0.0638 e. The van der Waals surface area contributed by atoms with Gasteiger partial charge in [-0.05, 0) is 37.0 Å². The van der Waals surface area contributed by atoms with Crippen LogP contribution in [0, 0.1) is 5.92 Å². The van der Waals surface area contributed by atoms with Gasteiger partial charge in [0, 0.05) is 17.1 Å². The van der Waals surface area contributed by atoms with Crippen LogP contribution in [-0.2, 0) is 4.74 Å². The van der Waals surface area contributed by atoms with Crippen LogP contribution in [0.25, 0.3) is 0 Å². The van der Waals surface area contributed by atoms with Crippen LogP contribution >= 0.6 is 27.5 Å². The Morgan fingerprint density at radius 2 is 2.22 bits per heavy atom. The van der Waals surface area contributed by atoms with Crippen molar-refractivity contribution in [3.05, 3.63) is 27.7 Å². The molecule has 1 fully saturated rings. The summed E-state index contributed by atoms with van der Waals surface area (Å²) in [6.45, 7) is 5.24. The summed E-state index contributed by atoms with van der Waals surface area (Å²) in [5.41, 5.74) is 1.00. The zero-order valence-electron chi connectivity index (χ0n) is 10.7. The molecule has 1 aliphatic heterocycles. The van der Waals surface area contributed by atoms with Gasteiger partial charge in [-0.1, -0.05) is 41.4 Å². The first-order chi connectivity index (χ1) is 8.56. The Balaban J connectivity index is 2.02. The van der Waals surface area contributed by atoms with Gasteiger partial charge in [-0.2, -0.15) is 0 Å². The second kappa shape index (κ2) is 6.27. The van der Waals surface area contributed by atoms with E-state index < -0.39 is 0 Å². The third-order valence-corrected chi connectivity index (χ3v) is 4.17. The van der Waals surface area contributed by atoms with E-state index >= 15 is 0 Å². The predicted octanol–water partition coefficient (Wildman–Crippen LogP) is 4.72. The Morgan fingerprint density at radius 1 is 1.44 bits per heavy atom. The molecule has 0 amide bonds. The Hall–Kier alpha value is -0.250. The van der Waals surface area contributed by atoms with E-state index in [1.165, 1.54) is 0 Å². The van der Waals surface area contributed by atoms with Crippen molar-refractivity contribution < 1.29 is 4.74 Å². The van der Waals surface area contributed by atoms with Crippen LogP contribution < -0.4 is 5.32 Å². The summed E-state index contributed by atoms with van der Waals surface area (Å²) in [6.07, 6.45) is 2.43. The summed E-state index contributed by atoms with van der Waals surface area (Å²) >= 11 is 9.67. The lowest BCUT2D eigenvalue weighted by Crippen LogP contribution is -2.36. The standard InChI is InChI=1S/C14H19BrClNO/c1-9(2)14-8-11(5-6-18-14)17-13-7-10(15)3-4-12(13)16/h3-4,7,9,11,14,17H,5-6,8H2,1-2H3. The molecule has 1 aromatic carbocycles. The average molecular weight is 333 g/mol. The van der Waals surface area contributed by atoms with Crippen molar-refractivity contribution in [2.24, 2.45) is 5.92 Å². The second-order valence-corrected chi connectivity index (χ2v) is 6.47. The topological polar surface area (TPSA) is 21.3 Å². The molecule has 1 heterocycles. The predicted molar refractivity (Wildman–Crippen MR) is 80.4 cm³/mol. The summed E-state index contributed by atoms with van der Waals surface area (Å²) in [7, 11) is 0. The van der Waals surface area contributed by atoms with Crippen molar-refractivity contribution in [3.8, 4) is 0 Å². The minimum absolute atomic E-state index is 0.349. The quantitative estimate of drug-likeness (QED) is 0.865. The highest BCUT2D eigenvalue weighted by Gasteiger charge is 2.25. The minimum Gasteiger partial charge on any atom is -0.381 e. The maximum absolute atomic E-state index is 6.20. The Bertz CT molecular complexity index is 411. The van der Waals surface area contributed by atoms with E-state index in [4.69, 9.17) is 16.3 Å². The fourth-order valence-corrected chi connectivity index (χ4v) is 2.78. The molecule has 0 aliphatic carbocycles. The highest BCUT2D eigenvalue weighted by atomic mass is 79.9. The van der Waals surface area contributed by atoms with Gasteiger partial charge in [-0.3, -0.25) is 0 Å². The largest absolute Gasteiger partial charge is 0.381 e. The average Bonchev–Trinajstić information content (AvgIpc) is 2.34. The van der Waals surface area contributed by atoms with E-state index in [1.807, 2.05) is 18.2 Å². The molecule has 2 atom stereocenters. The number of anilines is 1. The van der Waals surface area contributed by atoms with Gasteiger partial charge in [0.15, 0.2) is 0 Å². The molecular weight excluding hydrogens is 314 g/mol. The molecule has 0 bridgehead atoms. The first kappa shape index (κ1) is 14.2. The molecule has 1 aliphatic rings. The fraction of sp³-hybridized carbons (Fsp3) is 0.571. The first-order valence-corrected chi connectivity index (χ1v) is 7.56. The van der Waals surface area contributed by atoms with E-state index in [9.17, 15) is 0 Å². The maximum Gasteiger partial charge on any atom is 0.0638 e. The lowest BCUT2D eigenvalue weighted by molar-refractivity contribution is -0.0160. The molecule has 0 spiro atoms. The van der Waals surface area contributed by atoms with E-state index in [0.29, 0.717) is 18.1 Å². The van der Waals surface area contributed by atoms with E-state index in [0.717, 1.165) is 34.6 Å². The van der Waals surface area contributed by atoms with Gasteiger partial charge in [0.05, 0.1) is 16.8 Å². The van der Waals surface area contributed by atoms with E-state index in [2.05, 4.69) is 35.1 Å². The van der Waals surface area contributed by atoms with Crippen LogP contribution in [0.2, 0.25) is 5.02 Å². The molecule has 0 radical (unpaired) electrons. The molecule has 0 saturated carbocycles. The zero-order chi connectivity index (χ0) is 13.1. The van der Waals surface area contributed by atoms with Crippen molar-refractivity contribution in [1.82, 2.24) is 0 Å². The van der Waals surface area contributed by atoms with Crippen molar-refractivity contribution in [3.63, 3.8) is 0 Å². The summed E-state index contributed by atoms with van der Waals surface area (Å²) in [5.74, 6) is 0.563. The SMILES string of the molecule is CC(C)C1CC(Nc2cc(Br)ccc2Cl)CCO1. The monoisotopic (exact) mass is 331 g/mol. The normalized spacial score (nSPS) is 24.3. The number of benzene rings is 1. The second-order valence-electron chi connectivity index (χ2n) is 5.14. The Kier molecular flexibility index (Phi) is 4.93. The lowest BCUT2D eigenvalue weighted by Gasteiger charge is -2.33. The Morgan fingerprint density at radius 3 is 2.94 bits per heavy atom. The van der Waals surface area contributed by atoms with Gasteiger partial charge < -0.3 is 10.1 Å². The third kappa shape index (κ3) is 3.62. The van der Waals surface area contributed by atoms with Crippen LogP contribution in [0.3, 0.4) is 0 Å².